The van der Waals surface area contributed by atoms with E-state index < -0.39 is 12.1 Å². The average molecular weight is 224 g/mol. The van der Waals surface area contributed by atoms with Gasteiger partial charge in [-0.1, -0.05) is 19.3 Å². The predicted molar refractivity (Wildman–Crippen MR) is 49.1 cm³/mol. The van der Waals surface area contributed by atoms with Gasteiger partial charge in [0.15, 0.2) is 0 Å². The number of hydrogen-bond acceptors (Lipinski definition) is 2. The van der Waals surface area contributed by atoms with Crippen LogP contribution in [0.2, 0.25) is 0 Å². The molecule has 0 aliphatic heterocycles. The lowest BCUT2D eigenvalue weighted by atomic mass is 9.96. The molecule has 1 aliphatic rings. The number of carbonyl (C=O) groups excluding carboxylic acids is 1. The Morgan fingerprint density at radius 3 is 2.33 bits per heavy atom. The Morgan fingerprint density at radius 2 is 1.80 bits per heavy atom. The maximum atomic E-state index is 11.8. The summed E-state index contributed by atoms with van der Waals surface area (Å²) in [5.74, 6) is -1.88. The van der Waals surface area contributed by atoms with Crippen LogP contribution in [0.4, 0.5) is 13.2 Å². The summed E-state index contributed by atoms with van der Waals surface area (Å²) in [7, 11) is 0. The van der Waals surface area contributed by atoms with Crippen LogP contribution in [0.1, 0.15) is 32.1 Å². The van der Waals surface area contributed by atoms with Crippen LogP contribution in [0.3, 0.4) is 0 Å². The van der Waals surface area contributed by atoms with E-state index in [-0.39, 0.29) is 12.7 Å². The molecule has 1 amide bonds. The highest BCUT2D eigenvalue weighted by Gasteiger charge is 2.38. The zero-order valence-electron chi connectivity index (χ0n) is 8.36. The van der Waals surface area contributed by atoms with Gasteiger partial charge in [-0.15, -0.1) is 0 Å². The summed E-state index contributed by atoms with van der Waals surface area (Å²) >= 11 is 0. The molecule has 6 heteroatoms. The van der Waals surface area contributed by atoms with Gasteiger partial charge in [-0.05, 0) is 12.8 Å². The lowest BCUT2D eigenvalue weighted by Crippen LogP contribution is -2.45. The minimum Gasteiger partial charge on any atom is -0.336 e. The van der Waals surface area contributed by atoms with E-state index in [1.807, 2.05) is 0 Å². The van der Waals surface area contributed by atoms with Crippen molar-refractivity contribution >= 4 is 5.91 Å². The molecule has 0 aromatic heterocycles. The van der Waals surface area contributed by atoms with Gasteiger partial charge < -0.3 is 5.32 Å². The van der Waals surface area contributed by atoms with Crippen LogP contribution in [-0.4, -0.2) is 24.8 Å². The standard InChI is InChI=1S/C9H15F3N2O/c10-9(11,12)8(15)14-6-13-7-4-2-1-3-5-7/h7,13H,1-6H2,(H,14,15). The fourth-order valence-electron chi connectivity index (χ4n) is 1.68. The third-order valence-electron chi connectivity index (χ3n) is 2.50. The highest BCUT2D eigenvalue weighted by Crippen LogP contribution is 2.17. The number of alkyl halides is 3. The molecule has 1 aliphatic carbocycles. The molecule has 0 spiro atoms. The van der Waals surface area contributed by atoms with Crippen molar-refractivity contribution in [3.8, 4) is 0 Å². The molecule has 0 heterocycles. The first-order valence-corrected chi connectivity index (χ1v) is 5.08. The molecule has 0 unspecified atom stereocenters. The fourth-order valence-corrected chi connectivity index (χ4v) is 1.68. The van der Waals surface area contributed by atoms with Gasteiger partial charge in [0.25, 0.3) is 0 Å². The van der Waals surface area contributed by atoms with E-state index in [4.69, 9.17) is 0 Å². The Balaban J connectivity index is 2.12. The van der Waals surface area contributed by atoms with Gasteiger partial charge >= 0.3 is 12.1 Å². The monoisotopic (exact) mass is 224 g/mol. The summed E-state index contributed by atoms with van der Waals surface area (Å²) in [6.45, 7) is -0.108. The molecule has 1 rings (SSSR count). The van der Waals surface area contributed by atoms with Gasteiger partial charge in [0.2, 0.25) is 0 Å². The van der Waals surface area contributed by atoms with Crippen LogP contribution in [0.25, 0.3) is 0 Å². The van der Waals surface area contributed by atoms with E-state index in [9.17, 15) is 18.0 Å². The first-order chi connectivity index (χ1) is 7.00. The third-order valence-corrected chi connectivity index (χ3v) is 2.50. The summed E-state index contributed by atoms with van der Waals surface area (Å²) in [6, 6.07) is 0.243. The minimum atomic E-state index is -4.78. The van der Waals surface area contributed by atoms with Crippen LogP contribution in [-0.2, 0) is 4.79 Å². The van der Waals surface area contributed by atoms with Crippen LogP contribution >= 0.6 is 0 Å². The van der Waals surface area contributed by atoms with E-state index in [1.54, 1.807) is 5.32 Å². The van der Waals surface area contributed by atoms with E-state index in [1.165, 1.54) is 6.42 Å². The van der Waals surface area contributed by atoms with Gasteiger partial charge in [-0.3, -0.25) is 10.1 Å². The van der Waals surface area contributed by atoms with Crippen LogP contribution in [0.15, 0.2) is 0 Å². The van der Waals surface area contributed by atoms with Crippen molar-refractivity contribution in [2.45, 2.75) is 44.3 Å². The van der Waals surface area contributed by atoms with Crippen molar-refractivity contribution in [2.75, 3.05) is 6.67 Å². The molecule has 1 saturated carbocycles. The second-order valence-electron chi connectivity index (χ2n) is 3.72. The maximum absolute atomic E-state index is 11.8. The summed E-state index contributed by atoms with van der Waals surface area (Å²) in [4.78, 5) is 10.4. The molecule has 2 N–H and O–H groups in total. The van der Waals surface area contributed by atoms with E-state index >= 15 is 0 Å². The van der Waals surface area contributed by atoms with Gasteiger partial charge in [-0.2, -0.15) is 13.2 Å². The van der Waals surface area contributed by atoms with Gasteiger partial charge in [-0.25, -0.2) is 0 Å². The largest absolute Gasteiger partial charge is 0.471 e. The molecule has 0 radical (unpaired) electrons. The van der Waals surface area contributed by atoms with Crippen molar-refractivity contribution in [3.05, 3.63) is 0 Å². The highest BCUT2D eigenvalue weighted by atomic mass is 19.4. The number of nitrogens with one attached hydrogen (secondary N) is 2. The number of halogens is 3. The summed E-state index contributed by atoms with van der Waals surface area (Å²) in [5, 5.41) is 4.69. The molecule has 15 heavy (non-hydrogen) atoms. The number of carbonyl (C=O) groups is 1. The molecule has 1 fully saturated rings. The van der Waals surface area contributed by atoms with Crippen LogP contribution in [0.5, 0.6) is 0 Å². The zero-order valence-corrected chi connectivity index (χ0v) is 8.36. The third kappa shape index (κ3) is 4.51. The Morgan fingerprint density at radius 1 is 1.20 bits per heavy atom. The summed E-state index contributed by atoms with van der Waals surface area (Å²) in [5.41, 5.74) is 0. The van der Waals surface area contributed by atoms with Gasteiger partial charge in [0.1, 0.15) is 0 Å². The van der Waals surface area contributed by atoms with Crippen molar-refractivity contribution in [1.29, 1.82) is 0 Å². The zero-order chi connectivity index (χ0) is 11.3. The topological polar surface area (TPSA) is 41.1 Å². The van der Waals surface area contributed by atoms with Crippen LogP contribution < -0.4 is 10.6 Å². The lowest BCUT2D eigenvalue weighted by molar-refractivity contribution is -0.173. The summed E-state index contributed by atoms with van der Waals surface area (Å²) < 4.78 is 35.3. The Kier molecular flexibility index (Phi) is 4.38. The normalized spacial score (nSPS) is 18.9. The van der Waals surface area contributed by atoms with Gasteiger partial charge in [0.05, 0.1) is 6.67 Å². The summed E-state index contributed by atoms with van der Waals surface area (Å²) in [6.07, 6.45) is 0.556. The van der Waals surface area contributed by atoms with Crippen LogP contribution in [0, 0.1) is 0 Å². The molecule has 3 nitrogen and oxygen atoms in total. The SMILES string of the molecule is O=C(NCNC1CCCCC1)C(F)(F)F. The second-order valence-corrected chi connectivity index (χ2v) is 3.72. The second kappa shape index (κ2) is 5.34. The Labute approximate surface area is 86.4 Å². The lowest BCUT2D eigenvalue weighted by Gasteiger charge is -2.23. The smallest absolute Gasteiger partial charge is 0.336 e. The average Bonchev–Trinajstić information content (AvgIpc) is 2.18. The molecule has 0 atom stereocenters. The first-order valence-electron chi connectivity index (χ1n) is 5.08. The molecule has 88 valence electrons. The molecule has 0 aromatic rings. The number of hydrogen-bond donors (Lipinski definition) is 2. The van der Waals surface area contributed by atoms with E-state index in [0.717, 1.165) is 25.7 Å². The fraction of sp³-hybridized carbons (Fsp3) is 0.889. The molecular formula is C9H15F3N2O. The number of rotatable bonds is 3. The van der Waals surface area contributed by atoms with Crippen molar-refractivity contribution in [1.82, 2.24) is 10.6 Å². The van der Waals surface area contributed by atoms with Gasteiger partial charge in [0, 0.05) is 6.04 Å². The highest BCUT2D eigenvalue weighted by molar-refractivity contribution is 5.81. The molecular weight excluding hydrogens is 209 g/mol. The van der Waals surface area contributed by atoms with Crippen molar-refractivity contribution < 1.29 is 18.0 Å². The molecule has 0 aromatic carbocycles. The molecule has 0 bridgehead atoms. The predicted octanol–water partition coefficient (Wildman–Crippen LogP) is 1.54. The Hall–Kier alpha value is -0.780. The number of amides is 1. The van der Waals surface area contributed by atoms with E-state index in [0.29, 0.717) is 0 Å². The van der Waals surface area contributed by atoms with Crippen molar-refractivity contribution in [3.63, 3.8) is 0 Å². The van der Waals surface area contributed by atoms with E-state index in [2.05, 4.69) is 5.32 Å². The molecule has 0 saturated heterocycles. The maximum Gasteiger partial charge on any atom is 0.471 e. The Bertz CT molecular complexity index is 212. The minimum absolute atomic E-state index is 0.108. The first kappa shape index (κ1) is 12.3. The quantitative estimate of drug-likeness (QED) is 0.714. The van der Waals surface area contributed by atoms with Crippen molar-refractivity contribution in [2.24, 2.45) is 0 Å².